The third-order valence-corrected chi connectivity index (χ3v) is 5.07. The van der Waals surface area contributed by atoms with E-state index in [2.05, 4.69) is 20.7 Å². The van der Waals surface area contributed by atoms with Crippen LogP contribution in [0.25, 0.3) is 0 Å². The van der Waals surface area contributed by atoms with Crippen LogP contribution in [0.3, 0.4) is 0 Å². The van der Waals surface area contributed by atoms with E-state index in [0.717, 1.165) is 12.0 Å². The highest BCUT2D eigenvalue weighted by molar-refractivity contribution is 9.10. The Labute approximate surface area is 129 Å². The van der Waals surface area contributed by atoms with Gasteiger partial charge in [0.25, 0.3) is 0 Å². The topological polar surface area (TPSA) is 81.4 Å². The van der Waals surface area contributed by atoms with Gasteiger partial charge in [0.15, 0.2) is 0 Å². The van der Waals surface area contributed by atoms with Crippen LogP contribution in [0.5, 0.6) is 0 Å². The van der Waals surface area contributed by atoms with Crippen molar-refractivity contribution in [1.82, 2.24) is 4.72 Å². The maximum Gasteiger partial charge on any atom is 0.241 e. The Morgan fingerprint density at radius 1 is 1.35 bits per heavy atom. The van der Waals surface area contributed by atoms with E-state index < -0.39 is 10.0 Å². The molecule has 0 amide bonds. The summed E-state index contributed by atoms with van der Waals surface area (Å²) in [7, 11) is -3.50. The van der Waals surface area contributed by atoms with Crippen LogP contribution >= 0.6 is 15.9 Å². The molecular formula is C13H21BrN2O3S. The average molecular weight is 365 g/mol. The molecule has 0 unspecified atom stereocenters. The fourth-order valence-electron chi connectivity index (χ4n) is 1.59. The highest BCUT2D eigenvalue weighted by Crippen LogP contribution is 2.22. The van der Waals surface area contributed by atoms with Crippen LogP contribution in [0.2, 0.25) is 0 Å². The summed E-state index contributed by atoms with van der Waals surface area (Å²) >= 11 is 3.27. The van der Waals surface area contributed by atoms with Crippen LogP contribution in [0, 0.1) is 0 Å². The molecule has 1 aromatic rings. The Balaban J connectivity index is 2.56. The van der Waals surface area contributed by atoms with Crippen molar-refractivity contribution >= 4 is 26.0 Å². The quantitative estimate of drug-likeness (QED) is 0.656. The van der Waals surface area contributed by atoms with Crippen molar-refractivity contribution in [2.24, 2.45) is 5.73 Å². The summed E-state index contributed by atoms with van der Waals surface area (Å²) in [4.78, 5) is 0.226. The first kappa shape index (κ1) is 17.6. The van der Waals surface area contributed by atoms with E-state index in [1.807, 2.05) is 6.92 Å². The molecule has 1 aromatic carbocycles. The Morgan fingerprint density at radius 2 is 2.10 bits per heavy atom. The zero-order chi connectivity index (χ0) is 15.0. The van der Waals surface area contributed by atoms with Gasteiger partial charge in [0.2, 0.25) is 10.0 Å². The minimum Gasteiger partial charge on any atom is -0.381 e. The van der Waals surface area contributed by atoms with Gasteiger partial charge in [-0.3, -0.25) is 0 Å². The third kappa shape index (κ3) is 5.49. The van der Waals surface area contributed by atoms with Crippen LogP contribution < -0.4 is 10.5 Å². The van der Waals surface area contributed by atoms with E-state index >= 15 is 0 Å². The Bertz CT molecular complexity index is 520. The summed E-state index contributed by atoms with van der Waals surface area (Å²) in [5.41, 5.74) is 6.39. The maximum atomic E-state index is 12.1. The highest BCUT2D eigenvalue weighted by Gasteiger charge is 2.16. The van der Waals surface area contributed by atoms with E-state index in [4.69, 9.17) is 10.5 Å². The molecule has 0 aliphatic heterocycles. The molecule has 3 N–H and O–H groups in total. The van der Waals surface area contributed by atoms with Gasteiger partial charge in [-0.2, -0.15) is 0 Å². The summed E-state index contributed by atoms with van der Waals surface area (Å²) in [5.74, 6) is 0. The first-order chi connectivity index (χ1) is 9.51. The molecule has 0 atom stereocenters. The number of sulfonamides is 1. The molecule has 114 valence electrons. The molecule has 0 aromatic heterocycles. The van der Waals surface area contributed by atoms with Crippen molar-refractivity contribution in [2.75, 3.05) is 19.8 Å². The van der Waals surface area contributed by atoms with E-state index in [1.165, 1.54) is 0 Å². The predicted molar refractivity (Wildman–Crippen MR) is 82.9 cm³/mol. The molecule has 0 heterocycles. The smallest absolute Gasteiger partial charge is 0.241 e. The number of hydrogen-bond acceptors (Lipinski definition) is 4. The van der Waals surface area contributed by atoms with E-state index in [9.17, 15) is 8.42 Å². The monoisotopic (exact) mass is 364 g/mol. The molecule has 0 saturated heterocycles. The molecule has 1 rings (SSSR count). The van der Waals surface area contributed by atoms with Gasteiger partial charge in [-0.25, -0.2) is 13.1 Å². The molecular weight excluding hydrogens is 344 g/mol. The Kier molecular flexibility index (Phi) is 7.68. The fraction of sp³-hybridized carbons (Fsp3) is 0.538. The van der Waals surface area contributed by atoms with Crippen LogP contribution in [0.4, 0.5) is 0 Å². The number of halogens is 1. The number of hydrogen-bond donors (Lipinski definition) is 2. The van der Waals surface area contributed by atoms with E-state index in [1.54, 1.807) is 18.2 Å². The van der Waals surface area contributed by atoms with Gasteiger partial charge in [0, 0.05) is 30.8 Å². The number of nitrogens with one attached hydrogen (secondary N) is 1. The van der Waals surface area contributed by atoms with E-state index in [0.29, 0.717) is 37.2 Å². The van der Waals surface area contributed by atoms with Crippen LogP contribution in [-0.4, -0.2) is 28.2 Å². The van der Waals surface area contributed by atoms with Crippen LogP contribution in [0.15, 0.2) is 27.6 Å². The molecule has 7 heteroatoms. The van der Waals surface area contributed by atoms with Crippen LogP contribution in [-0.2, 0) is 21.3 Å². The van der Waals surface area contributed by atoms with Gasteiger partial charge in [-0.1, -0.05) is 13.0 Å². The molecule has 5 nitrogen and oxygen atoms in total. The van der Waals surface area contributed by atoms with Gasteiger partial charge in [0.05, 0.1) is 4.90 Å². The molecule has 0 saturated carbocycles. The van der Waals surface area contributed by atoms with Gasteiger partial charge >= 0.3 is 0 Å². The lowest BCUT2D eigenvalue weighted by Gasteiger charge is -2.09. The molecule has 0 fully saturated rings. The van der Waals surface area contributed by atoms with Crippen molar-refractivity contribution in [3.63, 3.8) is 0 Å². The first-order valence-corrected chi connectivity index (χ1v) is 8.84. The number of benzene rings is 1. The molecule has 0 radical (unpaired) electrons. The second-order valence-corrected chi connectivity index (χ2v) is 6.92. The number of nitrogens with two attached hydrogens (primary N) is 1. The van der Waals surface area contributed by atoms with Crippen molar-refractivity contribution in [3.8, 4) is 0 Å². The number of rotatable bonds is 9. The lowest BCUT2D eigenvalue weighted by atomic mass is 10.2. The SMILES string of the molecule is CCCOCCCNS(=O)(=O)c1ccc(CN)cc1Br. The fourth-order valence-corrected chi connectivity index (χ4v) is 3.79. The molecule has 0 aliphatic rings. The Morgan fingerprint density at radius 3 is 2.70 bits per heavy atom. The summed E-state index contributed by atoms with van der Waals surface area (Å²) < 4.78 is 32.6. The number of ether oxygens (including phenoxy) is 1. The van der Waals surface area contributed by atoms with Gasteiger partial charge in [-0.15, -0.1) is 0 Å². The Hall–Kier alpha value is -0.470. The van der Waals surface area contributed by atoms with Crippen molar-refractivity contribution in [1.29, 1.82) is 0 Å². The van der Waals surface area contributed by atoms with Crippen molar-refractivity contribution < 1.29 is 13.2 Å². The highest BCUT2D eigenvalue weighted by atomic mass is 79.9. The minimum absolute atomic E-state index is 0.226. The molecule has 0 aliphatic carbocycles. The van der Waals surface area contributed by atoms with E-state index in [-0.39, 0.29) is 4.90 Å². The summed E-state index contributed by atoms with van der Waals surface area (Å²) in [6, 6.07) is 4.99. The standard InChI is InChI=1S/C13H21BrN2O3S/c1-2-7-19-8-3-6-16-20(17,18)13-5-4-11(10-15)9-12(13)14/h4-5,9,16H,2-3,6-8,10,15H2,1H3. The van der Waals surface area contributed by atoms with Gasteiger partial charge < -0.3 is 10.5 Å². The summed E-state index contributed by atoms with van der Waals surface area (Å²) in [5, 5.41) is 0. The third-order valence-electron chi connectivity index (χ3n) is 2.63. The van der Waals surface area contributed by atoms with Crippen molar-refractivity contribution in [3.05, 3.63) is 28.2 Å². The zero-order valence-corrected chi connectivity index (χ0v) is 14.0. The van der Waals surface area contributed by atoms with Gasteiger partial charge in [0.1, 0.15) is 0 Å². The molecule has 0 bridgehead atoms. The normalized spacial score (nSPS) is 11.8. The lowest BCUT2D eigenvalue weighted by molar-refractivity contribution is 0.133. The average Bonchev–Trinajstić information content (AvgIpc) is 2.42. The second kappa shape index (κ2) is 8.74. The van der Waals surface area contributed by atoms with Crippen molar-refractivity contribution in [2.45, 2.75) is 31.2 Å². The maximum absolute atomic E-state index is 12.1. The molecule has 0 spiro atoms. The molecule has 20 heavy (non-hydrogen) atoms. The lowest BCUT2D eigenvalue weighted by Crippen LogP contribution is -2.26. The largest absolute Gasteiger partial charge is 0.381 e. The minimum atomic E-state index is -3.50. The summed E-state index contributed by atoms with van der Waals surface area (Å²) in [6.45, 7) is 4.03. The second-order valence-electron chi connectivity index (χ2n) is 4.33. The van der Waals surface area contributed by atoms with Gasteiger partial charge in [-0.05, 0) is 46.5 Å². The zero-order valence-electron chi connectivity index (χ0n) is 11.6. The van der Waals surface area contributed by atoms with Crippen LogP contribution in [0.1, 0.15) is 25.3 Å². The predicted octanol–water partition coefficient (Wildman–Crippen LogP) is 2.00. The summed E-state index contributed by atoms with van der Waals surface area (Å²) in [6.07, 6.45) is 1.61. The first-order valence-electron chi connectivity index (χ1n) is 6.57.